The second kappa shape index (κ2) is 5.52. The van der Waals surface area contributed by atoms with Crippen LogP contribution >= 0.6 is 0 Å². The van der Waals surface area contributed by atoms with E-state index in [-0.39, 0.29) is 11.8 Å². The minimum atomic E-state index is -0.335. The molecule has 0 atom stereocenters. The highest BCUT2D eigenvalue weighted by Gasteiger charge is 2.01. The number of methoxy groups -OCH3 is 1. The van der Waals surface area contributed by atoms with Gasteiger partial charge in [0, 0.05) is 12.0 Å². The lowest BCUT2D eigenvalue weighted by atomic mass is 10.2. The summed E-state index contributed by atoms with van der Waals surface area (Å²) in [5.41, 5.74) is 0.554. The SMILES string of the molecule is COC(=O)/C(C)=C\CCC(C)=O. The summed E-state index contributed by atoms with van der Waals surface area (Å²) in [6.45, 7) is 3.20. The molecule has 0 bridgehead atoms. The van der Waals surface area contributed by atoms with Crippen LogP contribution in [0.25, 0.3) is 0 Å². The summed E-state index contributed by atoms with van der Waals surface area (Å²) >= 11 is 0. The van der Waals surface area contributed by atoms with Crippen molar-refractivity contribution >= 4 is 11.8 Å². The summed E-state index contributed by atoms with van der Waals surface area (Å²) in [4.78, 5) is 21.3. The standard InChI is InChI=1S/C9H14O3/c1-7(9(11)12-3)5-4-6-8(2)10/h5H,4,6H2,1-3H3/b7-5-. The Kier molecular flexibility index (Phi) is 5.00. The highest BCUT2D eigenvalue weighted by Crippen LogP contribution is 2.00. The highest BCUT2D eigenvalue weighted by molar-refractivity contribution is 5.87. The van der Waals surface area contributed by atoms with Gasteiger partial charge < -0.3 is 9.53 Å². The van der Waals surface area contributed by atoms with Crippen LogP contribution in [0.1, 0.15) is 26.7 Å². The predicted molar refractivity (Wildman–Crippen MR) is 45.7 cm³/mol. The number of ketones is 1. The van der Waals surface area contributed by atoms with Gasteiger partial charge in [0.15, 0.2) is 0 Å². The predicted octanol–water partition coefficient (Wildman–Crippen LogP) is 1.47. The van der Waals surface area contributed by atoms with Crippen molar-refractivity contribution < 1.29 is 14.3 Å². The van der Waals surface area contributed by atoms with E-state index in [0.717, 1.165) is 0 Å². The summed E-state index contributed by atoms with van der Waals surface area (Å²) in [5, 5.41) is 0. The van der Waals surface area contributed by atoms with Crippen molar-refractivity contribution in [3.05, 3.63) is 11.6 Å². The number of ether oxygens (including phenoxy) is 1. The molecule has 12 heavy (non-hydrogen) atoms. The lowest BCUT2D eigenvalue weighted by Crippen LogP contribution is -2.01. The molecule has 0 aliphatic rings. The fraction of sp³-hybridized carbons (Fsp3) is 0.556. The fourth-order valence-corrected chi connectivity index (χ4v) is 0.736. The molecule has 0 saturated heterocycles. The number of hydrogen-bond acceptors (Lipinski definition) is 3. The first kappa shape index (κ1) is 10.9. The van der Waals surface area contributed by atoms with Crippen LogP contribution in [0.2, 0.25) is 0 Å². The Balaban J connectivity index is 3.84. The van der Waals surface area contributed by atoms with Gasteiger partial charge in [0.05, 0.1) is 7.11 Å². The molecule has 68 valence electrons. The van der Waals surface area contributed by atoms with E-state index in [1.54, 1.807) is 13.0 Å². The van der Waals surface area contributed by atoms with Gasteiger partial charge >= 0.3 is 5.97 Å². The van der Waals surface area contributed by atoms with Crippen molar-refractivity contribution in [2.24, 2.45) is 0 Å². The lowest BCUT2D eigenvalue weighted by molar-refractivity contribution is -0.136. The van der Waals surface area contributed by atoms with Crippen LogP contribution in [-0.4, -0.2) is 18.9 Å². The van der Waals surface area contributed by atoms with E-state index in [4.69, 9.17) is 0 Å². The van der Waals surface area contributed by atoms with Gasteiger partial charge in [0.1, 0.15) is 5.78 Å². The maximum Gasteiger partial charge on any atom is 0.333 e. The first-order chi connectivity index (χ1) is 5.57. The number of carbonyl (C=O) groups excluding carboxylic acids is 2. The third kappa shape index (κ3) is 4.66. The Morgan fingerprint density at radius 3 is 2.33 bits per heavy atom. The van der Waals surface area contributed by atoms with Crippen molar-refractivity contribution in [3.63, 3.8) is 0 Å². The average Bonchev–Trinajstić information content (AvgIpc) is 2.02. The molecular weight excluding hydrogens is 156 g/mol. The quantitative estimate of drug-likeness (QED) is 0.474. The van der Waals surface area contributed by atoms with Gasteiger partial charge in [0.25, 0.3) is 0 Å². The largest absolute Gasteiger partial charge is 0.466 e. The molecule has 0 aromatic carbocycles. The van der Waals surface area contributed by atoms with Crippen LogP contribution < -0.4 is 0 Å². The summed E-state index contributed by atoms with van der Waals surface area (Å²) in [7, 11) is 1.34. The molecule has 3 nitrogen and oxygen atoms in total. The van der Waals surface area contributed by atoms with Crippen LogP contribution in [-0.2, 0) is 14.3 Å². The Morgan fingerprint density at radius 2 is 1.92 bits per heavy atom. The number of esters is 1. The molecule has 0 unspecified atom stereocenters. The Labute approximate surface area is 72.4 Å². The van der Waals surface area contributed by atoms with Gasteiger partial charge in [-0.15, -0.1) is 0 Å². The van der Waals surface area contributed by atoms with Gasteiger partial charge in [0.2, 0.25) is 0 Å². The Bertz CT molecular complexity index is 204. The number of Topliss-reactive ketones (excluding diaryl/α,β-unsaturated/α-hetero) is 1. The maximum absolute atomic E-state index is 10.8. The van der Waals surface area contributed by atoms with Gasteiger partial charge in [-0.25, -0.2) is 4.79 Å². The van der Waals surface area contributed by atoms with Crippen LogP contribution in [0.4, 0.5) is 0 Å². The summed E-state index contributed by atoms with van der Waals surface area (Å²) in [5.74, 6) is -0.206. The van der Waals surface area contributed by atoms with Crippen molar-refractivity contribution in [1.82, 2.24) is 0 Å². The Morgan fingerprint density at radius 1 is 1.33 bits per heavy atom. The molecule has 0 aliphatic carbocycles. The van der Waals surface area contributed by atoms with Crippen molar-refractivity contribution in [1.29, 1.82) is 0 Å². The molecule has 0 N–H and O–H groups in total. The number of rotatable bonds is 4. The minimum Gasteiger partial charge on any atom is -0.466 e. The highest BCUT2D eigenvalue weighted by atomic mass is 16.5. The van der Waals surface area contributed by atoms with E-state index < -0.39 is 0 Å². The van der Waals surface area contributed by atoms with E-state index in [9.17, 15) is 9.59 Å². The first-order valence-corrected chi connectivity index (χ1v) is 3.82. The molecule has 0 spiro atoms. The lowest BCUT2D eigenvalue weighted by Gasteiger charge is -1.97. The topological polar surface area (TPSA) is 43.4 Å². The second-order valence-corrected chi connectivity index (χ2v) is 2.62. The molecule has 0 aromatic rings. The molecule has 0 heterocycles. The van der Waals surface area contributed by atoms with E-state index in [2.05, 4.69) is 4.74 Å². The fourth-order valence-electron chi connectivity index (χ4n) is 0.736. The van der Waals surface area contributed by atoms with Crippen molar-refractivity contribution in [2.45, 2.75) is 26.7 Å². The summed E-state index contributed by atoms with van der Waals surface area (Å²) < 4.78 is 4.48. The van der Waals surface area contributed by atoms with Crippen LogP contribution in [0.3, 0.4) is 0 Å². The molecular formula is C9H14O3. The summed E-state index contributed by atoms with van der Waals surface area (Å²) in [6.07, 6.45) is 2.80. The van der Waals surface area contributed by atoms with Crippen molar-refractivity contribution in [3.8, 4) is 0 Å². The zero-order chi connectivity index (χ0) is 9.56. The Hall–Kier alpha value is -1.12. The second-order valence-electron chi connectivity index (χ2n) is 2.62. The van der Waals surface area contributed by atoms with E-state index in [1.165, 1.54) is 14.0 Å². The first-order valence-electron chi connectivity index (χ1n) is 3.82. The third-order valence-corrected chi connectivity index (χ3v) is 1.45. The molecule has 3 heteroatoms. The van der Waals surface area contributed by atoms with E-state index in [0.29, 0.717) is 18.4 Å². The van der Waals surface area contributed by atoms with Crippen LogP contribution in [0.15, 0.2) is 11.6 Å². The molecule has 0 rings (SSSR count). The molecule has 0 fully saturated rings. The van der Waals surface area contributed by atoms with Gasteiger partial charge in [-0.2, -0.15) is 0 Å². The molecule has 0 aromatic heterocycles. The maximum atomic E-state index is 10.8. The van der Waals surface area contributed by atoms with Gasteiger partial charge in [-0.3, -0.25) is 0 Å². The smallest absolute Gasteiger partial charge is 0.333 e. The number of hydrogen-bond donors (Lipinski definition) is 0. The normalized spacial score (nSPS) is 11.1. The molecule has 0 amide bonds. The van der Waals surface area contributed by atoms with E-state index in [1.807, 2.05) is 0 Å². The zero-order valence-electron chi connectivity index (χ0n) is 7.72. The third-order valence-electron chi connectivity index (χ3n) is 1.45. The molecule has 0 radical (unpaired) electrons. The van der Waals surface area contributed by atoms with Gasteiger partial charge in [-0.1, -0.05) is 6.08 Å². The van der Waals surface area contributed by atoms with Gasteiger partial charge in [-0.05, 0) is 20.3 Å². The average molecular weight is 170 g/mol. The minimum absolute atomic E-state index is 0.129. The zero-order valence-corrected chi connectivity index (χ0v) is 7.72. The summed E-state index contributed by atoms with van der Waals surface area (Å²) in [6, 6.07) is 0. The van der Waals surface area contributed by atoms with E-state index >= 15 is 0 Å². The monoisotopic (exact) mass is 170 g/mol. The molecule has 0 saturated carbocycles. The van der Waals surface area contributed by atoms with Crippen LogP contribution in [0.5, 0.6) is 0 Å². The van der Waals surface area contributed by atoms with Crippen molar-refractivity contribution in [2.75, 3.05) is 7.11 Å². The molecule has 0 aliphatic heterocycles. The number of allylic oxidation sites excluding steroid dienone is 1. The number of carbonyl (C=O) groups is 2. The van der Waals surface area contributed by atoms with Crippen LogP contribution in [0, 0.1) is 0 Å².